The lowest BCUT2D eigenvalue weighted by Gasteiger charge is -2.31. The summed E-state index contributed by atoms with van der Waals surface area (Å²) >= 11 is 5.82. The normalized spacial score (nSPS) is 14.2. The Morgan fingerprint density at radius 3 is 2.19 bits per heavy atom. The first-order chi connectivity index (χ1) is 14.7. The quantitative estimate of drug-likeness (QED) is 0.586. The van der Waals surface area contributed by atoms with Gasteiger partial charge in [-0.2, -0.15) is 0 Å². The molecule has 4 rings (SSSR count). The molecule has 1 N–H and O–H groups in total. The summed E-state index contributed by atoms with van der Waals surface area (Å²) in [7, 11) is -7.82. The smallest absolute Gasteiger partial charge is 0.264 e. The number of rotatable bonds is 5. The summed E-state index contributed by atoms with van der Waals surface area (Å²) in [6.07, 6.45) is 1.28. The van der Waals surface area contributed by atoms with Gasteiger partial charge in [0.05, 0.1) is 21.2 Å². The van der Waals surface area contributed by atoms with Gasteiger partial charge in [0.1, 0.15) is 5.82 Å². The van der Waals surface area contributed by atoms with E-state index in [4.69, 9.17) is 11.6 Å². The fraction of sp³-hybridized carbons (Fsp3) is 0.143. The first-order valence-electron chi connectivity index (χ1n) is 9.36. The fourth-order valence-electron chi connectivity index (χ4n) is 3.42. The van der Waals surface area contributed by atoms with E-state index in [9.17, 15) is 21.2 Å². The molecule has 0 fully saturated rings. The zero-order valence-electron chi connectivity index (χ0n) is 16.1. The highest BCUT2D eigenvalue weighted by molar-refractivity contribution is 7.93. The van der Waals surface area contributed by atoms with E-state index in [2.05, 4.69) is 4.72 Å². The number of nitrogens with zero attached hydrogens (tertiary/aromatic N) is 1. The Labute approximate surface area is 185 Å². The van der Waals surface area contributed by atoms with Crippen LogP contribution in [-0.4, -0.2) is 23.4 Å². The summed E-state index contributed by atoms with van der Waals surface area (Å²) in [4.78, 5) is -0.000640. The van der Waals surface area contributed by atoms with E-state index >= 15 is 0 Å². The summed E-state index contributed by atoms with van der Waals surface area (Å²) in [5.74, 6) is -0.531. The number of hydrogen-bond donors (Lipinski definition) is 1. The standard InChI is InChI=1S/C21H18ClFN2O4S2/c22-16-4-9-19(10-5-16)30(26,27)24-18-8-3-15-2-1-13-25(21(15)14-18)31(28,29)20-11-6-17(23)7-12-20/h3-12,14,24H,1-2,13H2. The van der Waals surface area contributed by atoms with Crippen molar-refractivity contribution in [1.29, 1.82) is 0 Å². The molecule has 3 aromatic carbocycles. The second-order valence-electron chi connectivity index (χ2n) is 7.04. The third kappa shape index (κ3) is 4.39. The van der Waals surface area contributed by atoms with Gasteiger partial charge in [-0.15, -0.1) is 0 Å². The predicted molar refractivity (Wildman–Crippen MR) is 118 cm³/mol. The first-order valence-corrected chi connectivity index (χ1v) is 12.7. The van der Waals surface area contributed by atoms with Crippen LogP contribution in [0.1, 0.15) is 12.0 Å². The number of hydrogen-bond acceptors (Lipinski definition) is 4. The van der Waals surface area contributed by atoms with Gasteiger partial charge in [-0.1, -0.05) is 17.7 Å². The van der Waals surface area contributed by atoms with E-state index < -0.39 is 25.9 Å². The monoisotopic (exact) mass is 480 g/mol. The number of aryl methyl sites for hydroxylation is 1. The molecule has 10 heteroatoms. The molecular weight excluding hydrogens is 463 g/mol. The Morgan fingerprint density at radius 1 is 0.871 bits per heavy atom. The number of anilines is 2. The second-order valence-corrected chi connectivity index (χ2v) is 11.0. The van der Waals surface area contributed by atoms with Crippen molar-refractivity contribution in [2.45, 2.75) is 22.6 Å². The molecule has 162 valence electrons. The van der Waals surface area contributed by atoms with E-state index in [-0.39, 0.29) is 22.0 Å². The molecule has 0 radical (unpaired) electrons. The van der Waals surface area contributed by atoms with E-state index in [1.165, 1.54) is 46.8 Å². The van der Waals surface area contributed by atoms with Crippen LogP contribution in [0.3, 0.4) is 0 Å². The number of benzene rings is 3. The van der Waals surface area contributed by atoms with Crippen LogP contribution in [0.5, 0.6) is 0 Å². The maximum atomic E-state index is 13.2. The van der Waals surface area contributed by atoms with E-state index in [1.807, 2.05) is 0 Å². The minimum atomic E-state index is -3.93. The summed E-state index contributed by atoms with van der Waals surface area (Å²) in [5, 5.41) is 0.411. The Bertz CT molecular complexity index is 1330. The largest absolute Gasteiger partial charge is 0.280 e. The summed E-state index contributed by atoms with van der Waals surface area (Å²) in [6.45, 7) is 0.236. The van der Waals surface area contributed by atoms with Gasteiger partial charge >= 0.3 is 0 Å². The van der Waals surface area contributed by atoms with Crippen molar-refractivity contribution in [2.24, 2.45) is 0 Å². The van der Waals surface area contributed by atoms with Gasteiger partial charge in [-0.05, 0) is 79.1 Å². The van der Waals surface area contributed by atoms with Crippen molar-refractivity contribution in [3.05, 3.63) is 83.1 Å². The van der Waals surface area contributed by atoms with Gasteiger partial charge in [-0.3, -0.25) is 9.03 Å². The van der Waals surface area contributed by atoms with Crippen LogP contribution in [0.15, 0.2) is 76.5 Å². The molecule has 31 heavy (non-hydrogen) atoms. The van der Waals surface area contributed by atoms with Crippen LogP contribution in [0.4, 0.5) is 15.8 Å². The maximum absolute atomic E-state index is 13.2. The second kappa shape index (κ2) is 8.14. The molecule has 0 amide bonds. The van der Waals surface area contributed by atoms with Crippen molar-refractivity contribution in [1.82, 2.24) is 0 Å². The molecule has 3 aromatic rings. The Kier molecular flexibility index (Phi) is 5.67. The van der Waals surface area contributed by atoms with Crippen LogP contribution in [0, 0.1) is 5.82 Å². The Morgan fingerprint density at radius 2 is 1.52 bits per heavy atom. The maximum Gasteiger partial charge on any atom is 0.264 e. The minimum absolute atomic E-state index is 0.0328. The van der Waals surface area contributed by atoms with Gasteiger partial charge < -0.3 is 0 Å². The number of sulfonamides is 2. The molecule has 0 atom stereocenters. The average molecular weight is 481 g/mol. The molecule has 1 aliphatic heterocycles. The highest BCUT2D eigenvalue weighted by Crippen LogP contribution is 2.34. The summed E-state index contributed by atoms with van der Waals surface area (Å²) < 4.78 is 68.7. The van der Waals surface area contributed by atoms with E-state index in [0.29, 0.717) is 23.6 Å². The van der Waals surface area contributed by atoms with Crippen LogP contribution in [0.25, 0.3) is 0 Å². The van der Waals surface area contributed by atoms with Crippen molar-refractivity contribution >= 4 is 43.0 Å². The molecule has 0 saturated heterocycles. The van der Waals surface area contributed by atoms with Crippen molar-refractivity contribution < 1.29 is 21.2 Å². The summed E-state index contributed by atoms with van der Waals surface area (Å²) in [6, 6.07) is 15.1. The Hall–Kier alpha value is -2.62. The van der Waals surface area contributed by atoms with Gasteiger partial charge in [0.15, 0.2) is 0 Å². The van der Waals surface area contributed by atoms with Crippen LogP contribution in [0.2, 0.25) is 5.02 Å². The molecule has 1 heterocycles. The lowest BCUT2D eigenvalue weighted by Crippen LogP contribution is -2.35. The SMILES string of the molecule is O=S(=O)(Nc1ccc2c(c1)N(S(=O)(=O)c1ccc(F)cc1)CCC2)c1ccc(Cl)cc1. The van der Waals surface area contributed by atoms with Crippen LogP contribution in [-0.2, 0) is 26.5 Å². The third-order valence-corrected chi connectivity index (χ3v) is 8.42. The molecule has 0 aliphatic carbocycles. The van der Waals surface area contributed by atoms with Gasteiger partial charge in [0.2, 0.25) is 0 Å². The molecule has 0 bridgehead atoms. The number of fused-ring (bicyclic) bond motifs is 1. The topological polar surface area (TPSA) is 83.6 Å². The lowest BCUT2D eigenvalue weighted by molar-refractivity contribution is 0.585. The molecule has 0 unspecified atom stereocenters. The van der Waals surface area contributed by atoms with Crippen LogP contribution >= 0.6 is 11.6 Å². The Balaban J connectivity index is 1.69. The van der Waals surface area contributed by atoms with Crippen molar-refractivity contribution in [3.8, 4) is 0 Å². The van der Waals surface area contributed by atoms with Gasteiger partial charge in [-0.25, -0.2) is 21.2 Å². The summed E-state index contributed by atoms with van der Waals surface area (Å²) in [5.41, 5.74) is 1.41. The zero-order valence-corrected chi connectivity index (χ0v) is 18.5. The zero-order chi connectivity index (χ0) is 22.2. The van der Waals surface area contributed by atoms with Crippen LogP contribution < -0.4 is 9.03 Å². The number of halogens is 2. The molecule has 0 aromatic heterocycles. The molecular formula is C21H18ClFN2O4S2. The van der Waals surface area contributed by atoms with Gasteiger partial charge in [0.25, 0.3) is 20.0 Å². The first kappa shape index (κ1) is 21.6. The molecule has 6 nitrogen and oxygen atoms in total. The highest BCUT2D eigenvalue weighted by Gasteiger charge is 2.29. The highest BCUT2D eigenvalue weighted by atomic mass is 35.5. The van der Waals surface area contributed by atoms with Crippen molar-refractivity contribution in [2.75, 3.05) is 15.6 Å². The number of nitrogens with one attached hydrogen (secondary N) is 1. The fourth-order valence-corrected chi connectivity index (χ4v) is 6.12. The van der Waals surface area contributed by atoms with E-state index in [0.717, 1.165) is 17.7 Å². The third-order valence-electron chi connectivity index (χ3n) is 4.94. The van der Waals surface area contributed by atoms with Crippen molar-refractivity contribution in [3.63, 3.8) is 0 Å². The predicted octanol–water partition coefficient (Wildman–Crippen LogP) is 4.42. The van der Waals surface area contributed by atoms with E-state index in [1.54, 1.807) is 12.1 Å². The molecule has 1 aliphatic rings. The van der Waals surface area contributed by atoms with Gasteiger partial charge in [0, 0.05) is 11.6 Å². The lowest BCUT2D eigenvalue weighted by atomic mass is 10.0. The molecule has 0 spiro atoms. The minimum Gasteiger partial charge on any atom is -0.280 e. The average Bonchev–Trinajstić information content (AvgIpc) is 2.73. The molecule has 0 saturated carbocycles.